The minimum absolute atomic E-state index is 0.0712. The van der Waals surface area contributed by atoms with Crippen molar-refractivity contribution in [1.29, 1.82) is 0 Å². The molecule has 0 unspecified atom stereocenters. The zero-order valence-corrected chi connectivity index (χ0v) is 19.6. The van der Waals surface area contributed by atoms with Crippen LogP contribution in [0, 0.1) is 17.0 Å². The molecule has 9 nitrogen and oxygen atoms in total. The molecule has 2 aromatic rings. The Morgan fingerprint density at radius 2 is 1.41 bits per heavy atom. The Bertz CT molecular complexity index is 1040. The first-order valence-corrected chi connectivity index (χ1v) is 11.7. The zero-order chi connectivity index (χ0) is 24.1. The maximum absolute atomic E-state index is 12.9. The molecule has 2 aliphatic rings. The highest BCUT2D eigenvalue weighted by molar-refractivity contribution is 5.80. The summed E-state index contributed by atoms with van der Waals surface area (Å²) in [7, 11) is 0. The fraction of sp³-hybridized carbons (Fsp3) is 0.440. The van der Waals surface area contributed by atoms with Crippen molar-refractivity contribution in [3.05, 3.63) is 69.8 Å². The molecule has 0 atom stereocenters. The van der Waals surface area contributed by atoms with E-state index in [1.807, 2.05) is 45.9 Å². The summed E-state index contributed by atoms with van der Waals surface area (Å²) in [6.45, 7) is 7.20. The summed E-state index contributed by atoms with van der Waals surface area (Å²) in [5, 5.41) is 11.3. The number of para-hydroxylation sites is 2. The molecular formula is C25H31N5O4. The second-order valence-electron chi connectivity index (χ2n) is 8.87. The molecule has 0 N–H and O–H groups in total. The van der Waals surface area contributed by atoms with Crippen molar-refractivity contribution in [2.75, 3.05) is 63.8 Å². The number of piperazine rings is 2. The molecule has 2 aliphatic heterocycles. The van der Waals surface area contributed by atoms with Crippen LogP contribution in [0.15, 0.2) is 48.5 Å². The van der Waals surface area contributed by atoms with Gasteiger partial charge in [-0.3, -0.25) is 24.6 Å². The van der Waals surface area contributed by atoms with Crippen LogP contribution < -0.4 is 4.90 Å². The number of benzene rings is 2. The van der Waals surface area contributed by atoms with Crippen LogP contribution in [0.5, 0.6) is 0 Å². The third kappa shape index (κ3) is 5.53. The first-order valence-electron chi connectivity index (χ1n) is 11.7. The number of aryl methyl sites for hydroxylation is 1. The molecule has 2 heterocycles. The van der Waals surface area contributed by atoms with Gasteiger partial charge < -0.3 is 14.7 Å². The average molecular weight is 466 g/mol. The van der Waals surface area contributed by atoms with Crippen LogP contribution in [0.1, 0.15) is 11.1 Å². The van der Waals surface area contributed by atoms with Gasteiger partial charge in [0, 0.05) is 58.4 Å². The molecule has 2 fully saturated rings. The van der Waals surface area contributed by atoms with Gasteiger partial charge in [-0.05, 0) is 24.1 Å². The molecule has 34 heavy (non-hydrogen) atoms. The summed E-state index contributed by atoms with van der Waals surface area (Å²) in [6, 6.07) is 14.7. The predicted octanol–water partition coefficient (Wildman–Crippen LogP) is 1.94. The summed E-state index contributed by atoms with van der Waals surface area (Å²) in [4.78, 5) is 44.3. The lowest BCUT2D eigenvalue weighted by Gasteiger charge is -2.38. The number of anilines is 1. The third-order valence-electron chi connectivity index (χ3n) is 6.74. The third-order valence-corrected chi connectivity index (χ3v) is 6.74. The molecule has 0 spiro atoms. The highest BCUT2D eigenvalue weighted by atomic mass is 16.6. The molecular weight excluding hydrogens is 434 g/mol. The van der Waals surface area contributed by atoms with Gasteiger partial charge in [0.25, 0.3) is 5.69 Å². The van der Waals surface area contributed by atoms with Gasteiger partial charge in [-0.25, -0.2) is 0 Å². The van der Waals surface area contributed by atoms with Gasteiger partial charge in [0.1, 0.15) is 5.69 Å². The standard InChI is InChI=1S/C25H31N5O4/c1-20-6-2-3-7-21(20)18-24(31)28-12-10-26(11-13-28)19-25(32)29-16-14-27(15-17-29)22-8-4-5-9-23(22)30(33)34/h2-9H,10-19H2,1H3. The van der Waals surface area contributed by atoms with Crippen LogP contribution in [-0.4, -0.2) is 90.3 Å². The van der Waals surface area contributed by atoms with E-state index >= 15 is 0 Å². The summed E-state index contributed by atoms with van der Waals surface area (Å²) >= 11 is 0. The number of hydrogen-bond donors (Lipinski definition) is 0. The fourth-order valence-corrected chi connectivity index (χ4v) is 4.61. The summed E-state index contributed by atoms with van der Waals surface area (Å²) in [5.74, 6) is 0.202. The lowest BCUT2D eigenvalue weighted by atomic mass is 10.1. The fourth-order valence-electron chi connectivity index (χ4n) is 4.61. The summed E-state index contributed by atoms with van der Waals surface area (Å²) in [6.07, 6.45) is 0.412. The van der Waals surface area contributed by atoms with E-state index in [9.17, 15) is 19.7 Å². The number of nitro benzene ring substituents is 1. The smallest absolute Gasteiger partial charge is 0.292 e. The van der Waals surface area contributed by atoms with E-state index in [1.54, 1.807) is 18.2 Å². The molecule has 0 saturated carbocycles. The number of nitrogens with zero attached hydrogens (tertiary/aromatic N) is 5. The minimum Gasteiger partial charge on any atom is -0.362 e. The van der Waals surface area contributed by atoms with Gasteiger partial charge in [0.2, 0.25) is 11.8 Å². The number of carbonyl (C=O) groups is 2. The molecule has 0 aliphatic carbocycles. The van der Waals surface area contributed by atoms with E-state index in [-0.39, 0.29) is 22.4 Å². The SMILES string of the molecule is Cc1ccccc1CC(=O)N1CCN(CC(=O)N2CCN(c3ccccc3[N+](=O)[O-])CC2)CC1. The highest BCUT2D eigenvalue weighted by Crippen LogP contribution is 2.28. The second-order valence-corrected chi connectivity index (χ2v) is 8.87. The Labute approximate surface area is 199 Å². The number of hydrogen-bond acceptors (Lipinski definition) is 6. The van der Waals surface area contributed by atoms with E-state index in [0.717, 1.165) is 11.1 Å². The van der Waals surface area contributed by atoms with E-state index < -0.39 is 0 Å². The van der Waals surface area contributed by atoms with Crippen molar-refractivity contribution in [2.24, 2.45) is 0 Å². The Hall–Kier alpha value is -3.46. The largest absolute Gasteiger partial charge is 0.362 e. The topological polar surface area (TPSA) is 90.2 Å². The van der Waals surface area contributed by atoms with E-state index in [2.05, 4.69) is 4.90 Å². The molecule has 0 bridgehead atoms. The average Bonchev–Trinajstić information content (AvgIpc) is 2.86. The predicted molar refractivity (Wildman–Crippen MR) is 130 cm³/mol. The van der Waals surface area contributed by atoms with Crippen LogP contribution in [0.2, 0.25) is 0 Å². The van der Waals surface area contributed by atoms with Gasteiger partial charge in [-0.15, -0.1) is 0 Å². The zero-order valence-electron chi connectivity index (χ0n) is 19.6. The molecule has 0 radical (unpaired) electrons. The van der Waals surface area contributed by atoms with Crippen molar-refractivity contribution in [3.8, 4) is 0 Å². The van der Waals surface area contributed by atoms with Crippen LogP contribution in [-0.2, 0) is 16.0 Å². The Morgan fingerprint density at radius 1 is 0.824 bits per heavy atom. The Morgan fingerprint density at radius 3 is 2.09 bits per heavy atom. The summed E-state index contributed by atoms with van der Waals surface area (Å²) < 4.78 is 0. The quantitative estimate of drug-likeness (QED) is 0.478. The van der Waals surface area contributed by atoms with Gasteiger partial charge >= 0.3 is 0 Å². The maximum Gasteiger partial charge on any atom is 0.292 e. The highest BCUT2D eigenvalue weighted by Gasteiger charge is 2.28. The van der Waals surface area contributed by atoms with Gasteiger partial charge in [-0.2, -0.15) is 0 Å². The van der Waals surface area contributed by atoms with Crippen LogP contribution in [0.3, 0.4) is 0 Å². The second kappa shape index (κ2) is 10.6. The maximum atomic E-state index is 12.9. The van der Waals surface area contributed by atoms with Crippen LogP contribution >= 0.6 is 0 Å². The monoisotopic (exact) mass is 465 g/mol. The molecule has 2 aromatic carbocycles. The Kier molecular flexibility index (Phi) is 7.42. The van der Waals surface area contributed by atoms with E-state index in [1.165, 1.54) is 6.07 Å². The number of amides is 2. The normalized spacial score (nSPS) is 17.0. The van der Waals surface area contributed by atoms with E-state index in [0.29, 0.717) is 71.0 Å². The van der Waals surface area contributed by atoms with Gasteiger partial charge in [0.15, 0.2) is 0 Å². The molecule has 4 rings (SSSR count). The molecule has 2 saturated heterocycles. The van der Waals surface area contributed by atoms with Crippen molar-refractivity contribution in [1.82, 2.24) is 14.7 Å². The Balaban J connectivity index is 1.22. The van der Waals surface area contributed by atoms with Crippen molar-refractivity contribution >= 4 is 23.2 Å². The molecule has 0 aromatic heterocycles. The first-order chi connectivity index (χ1) is 16.4. The first kappa shape index (κ1) is 23.7. The summed E-state index contributed by atoms with van der Waals surface area (Å²) in [5.41, 5.74) is 2.88. The number of nitro groups is 1. The van der Waals surface area contributed by atoms with Crippen molar-refractivity contribution < 1.29 is 14.5 Å². The number of rotatable bonds is 6. The van der Waals surface area contributed by atoms with Crippen LogP contribution in [0.25, 0.3) is 0 Å². The van der Waals surface area contributed by atoms with Crippen molar-refractivity contribution in [2.45, 2.75) is 13.3 Å². The molecule has 9 heteroatoms. The lowest BCUT2D eigenvalue weighted by molar-refractivity contribution is -0.384. The van der Waals surface area contributed by atoms with E-state index in [4.69, 9.17) is 0 Å². The molecule has 180 valence electrons. The van der Waals surface area contributed by atoms with Gasteiger partial charge in [-0.1, -0.05) is 36.4 Å². The minimum atomic E-state index is -0.363. The van der Waals surface area contributed by atoms with Gasteiger partial charge in [0.05, 0.1) is 17.9 Å². The number of carbonyl (C=O) groups excluding carboxylic acids is 2. The molecule has 2 amide bonds. The van der Waals surface area contributed by atoms with Crippen molar-refractivity contribution in [3.63, 3.8) is 0 Å². The van der Waals surface area contributed by atoms with Crippen LogP contribution in [0.4, 0.5) is 11.4 Å². The lowest BCUT2D eigenvalue weighted by Crippen LogP contribution is -2.54.